The van der Waals surface area contributed by atoms with Crippen molar-refractivity contribution in [2.45, 2.75) is 40.0 Å². The van der Waals surface area contributed by atoms with Crippen molar-refractivity contribution in [1.82, 2.24) is 5.32 Å². The second kappa shape index (κ2) is 8.93. The second-order valence-corrected chi connectivity index (χ2v) is 11.0. The number of sulfone groups is 1. The Kier molecular flexibility index (Phi) is 7.68. The molecule has 1 aromatic heterocycles. The molecule has 1 aromatic rings. The van der Waals surface area contributed by atoms with E-state index in [1.54, 1.807) is 6.92 Å². The molecule has 0 bridgehead atoms. The molecule has 13 heteroatoms. The van der Waals surface area contributed by atoms with Gasteiger partial charge in [0.25, 0.3) is 0 Å². The topological polar surface area (TPSA) is 181 Å². The van der Waals surface area contributed by atoms with Crippen molar-refractivity contribution in [3.63, 3.8) is 0 Å². The molecule has 2 rings (SSSR count). The Morgan fingerprint density at radius 3 is 2.26 bits per heavy atom. The van der Waals surface area contributed by atoms with Gasteiger partial charge in [0.15, 0.2) is 9.84 Å². The third kappa shape index (κ3) is 6.10. The Balaban J connectivity index is 0.000000387. The van der Waals surface area contributed by atoms with E-state index in [0.717, 1.165) is 11.3 Å². The number of nitrogens with two attached hydrogens (primary N) is 1. The molecule has 2 heterocycles. The van der Waals surface area contributed by atoms with Crippen LogP contribution in [0.15, 0.2) is 26.6 Å². The third-order valence-corrected chi connectivity index (χ3v) is 8.85. The number of primary sulfonamides is 1. The highest BCUT2D eigenvalue weighted by Crippen LogP contribution is 2.42. The first-order valence-corrected chi connectivity index (χ1v) is 11.5. The summed E-state index contributed by atoms with van der Waals surface area (Å²) in [7, 11) is -7.33. The highest BCUT2D eigenvalue weighted by Gasteiger charge is 2.39. The van der Waals surface area contributed by atoms with Gasteiger partial charge in [-0.3, -0.25) is 0 Å². The molecule has 0 aromatic carbocycles. The molecule has 1 aliphatic rings. The van der Waals surface area contributed by atoms with Crippen LogP contribution in [0.2, 0.25) is 0 Å². The van der Waals surface area contributed by atoms with Crippen molar-refractivity contribution in [1.29, 1.82) is 0 Å². The Labute approximate surface area is 160 Å². The van der Waals surface area contributed by atoms with E-state index >= 15 is 0 Å². The van der Waals surface area contributed by atoms with Gasteiger partial charge in [0.1, 0.15) is 8.42 Å². The molecule has 0 fully saturated rings. The lowest BCUT2D eigenvalue weighted by Gasteiger charge is -2.27. The van der Waals surface area contributed by atoms with E-state index in [9.17, 15) is 26.4 Å². The molecule has 0 aliphatic carbocycles. The van der Waals surface area contributed by atoms with Crippen molar-refractivity contribution in [2.24, 2.45) is 5.14 Å². The number of carboxylic acids is 2. The molecule has 0 spiro atoms. The summed E-state index contributed by atoms with van der Waals surface area (Å²) in [5, 5.41) is 23.4. The minimum atomic E-state index is -3.88. The number of rotatable bonds is 5. The number of nitrogens with one attached hydrogen (secondary N) is 1. The molecule has 152 valence electrons. The van der Waals surface area contributed by atoms with E-state index in [1.165, 1.54) is 6.07 Å². The predicted octanol–water partition coefficient (Wildman–Crippen LogP) is 0.324. The van der Waals surface area contributed by atoms with Gasteiger partial charge >= 0.3 is 11.9 Å². The normalized spacial score (nSPS) is 21.1. The maximum Gasteiger partial charge on any atom is 0.328 e. The zero-order chi connectivity index (χ0) is 21.0. The molecule has 5 N–H and O–H groups in total. The van der Waals surface area contributed by atoms with E-state index in [-0.39, 0.29) is 14.5 Å². The zero-order valence-electron chi connectivity index (χ0n) is 14.4. The Morgan fingerprint density at radius 1 is 1.33 bits per heavy atom. The Hall–Kier alpha value is -1.80. The van der Waals surface area contributed by atoms with E-state index in [4.69, 9.17) is 15.4 Å². The lowest BCUT2D eigenvalue weighted by Crippen LogP contribution is -2.33. The molecule has 0 unspecified atom stereocenters. The molecule has 10 nitrogen and oxygen atoms in total. The number of aliphatic carboxylic acids is 2. The number of carboxylic acid groups (broad SMARTS) is 2. The highest BCUT2D eigenvalue weighted by molar-refractivity contribution is 7.95. The number of thiophene rings is 1. The molecule has 0 radical (unpaired) electrons. The minimum absolute atomic E-state index is 0.0990. The average molecular weight is 441 g/mol. The first-order valence-electron chi connectivity index (χ1n) is 7.58. The van der Waals surface area contributed by atoms with Crippen LogP contribution < -0.4 is 10.5 Å². The number of hydrogen-bond acceptors (Lipinski definition) is 8. The van der Waals surface area contributed by atoms with Gasteiger partial charge in [-0.1, -0.05) is 6.92 Å². The van der Waals surface area contributed by atoms with Gasteiger partial charge in [0.05, 0.1) is 5.25 Å². The lowest BCUT2D eigenvalue weighted by molar-refractivity contribution is -0.134. The van der Waals surface area contributed by atoms with Gasteiger partial charge in [-0.2, -0.15) is 0 Å². The summed E-state index contributed by atoms with van der Waals surface area (Å²) in [6, 6.07) is 1.23. The molecule has 0 saturated heterocycles. The third-order valence-electron chi connectivity index (χ3n) is 3.53. The standard InChI is InChI=1S/C10H16N2O4S3.C4H4O4/c1-3-12-8-4-6(2)18(13,14)10-7(8)5-9(17-10)19(11,15)16;5-3(6)1-2-4(7)8/h5-6,8,12H,3-4H2,1-2H3,(H2,11,15,16);1-2H,(H,5,6)(H,7,8)/t6-,8-;/m0./s1. The van der Waals surface area contributed by atoms with Crippen LogP contribution in [-0.2, 0) is 29.4 Å². The maximum atomic E-state index is 12.2. The number of fused-ring (bicyclic) bond motifs is 1. The fourth-order valence-corrected chi connectivity index (χ4v) is 6.74. The monoisotopic (exact) mass is 440 g/mol. The van der Waals surface area contributed by atoms with Gasteiger partial charge in [-0.25, -0.2) is 31.6 Å². The van der Waals surface area contributed by atoms with Gasteiger partial charge in [0.2, 0.25) is 10.0 Å². The summed E-state index contributed by atoms with van der Waals surface area (Å²) in [5.74, 6) is -2.51. The lowest BCUT2D eigenvalue weighted by atomic mass is 10.1. The zero-order valence-corrected chi connectivity index (χ0v) is 16.9. The van der Waals surface area contributed by atoms with Crippen LogP contribution >= 0.6 is 11.3 Å². The minimum Gasteiger partial charge on any atom is -0.478 e. The molecule has 0 saturated carbocycles. The molecule has 2 atom stereocenters. The molecule has 0 amide bonds. The molecular formula is C14H20N2O8S3. The van der Waals surface area contributed by atoms with Gasteiger partial charge in [0, 0.05) is 23.8 Å². The smallest absolute Gasteiger partial charge is 0.328 e. The van der Waals surface area contributed by atoms with Crippen molar-refractivity contribution in [3.05, 3.63) is 23.8 Å². The summed E-state index contributed by atoms with van der Waals surface area (Å²) < 4.78 is 47.3. The summed E-state index contributed by atoms with van der Waals surface area (Å²) in [6.45, 7) is 4.23. The van der Waals surface area contributed by atoms with Gasteiger partial charge < -0.3 is 15.5 Å². The maximum absolute atomic E-state index is 12.2. The van der Waals surface area contributed by atoms with Crippen molar-refractivity contribution >= 4 is 43.1 Å². The van der Waals surface area contributed by atoms with Crippen LogP contribution in [-0.4, -0.2) is 50.8 Å². The highest BCUT2D eigenvalue weighted by atomic mass is 32.3. The molecule has 1 aliphatic heterocycles. The Bertz CT molecular complexity index is 931. The summed E-state index contributed by atoms with van der Waals surface area (Å²) in [6.07, 6.45) is 1.55. The van der Waals surface area contributed by atoms with Crippen LogP contribution in [0, 0.1) is 0 Å². The van der Waals surface area contributed by atoms with Crippen molar-refractivity contribution in [3.8, 4) is 0 Å². The number of sulfonamides is 1. The average Bonchev–Trinajstić information content (AvgIpc) is 2.98. The SMILES string of the molecule is CCN[C@H]1C[C@H](C)S(=O)(=O)c2sc(S(N)(=O)=O)cc21.O=C(O)C=CC(=O)O. The molecule has 27 heavy (non-hydrogen) atoms. The van der Waals surface area contributed by atoms with E-state index in [1.807, 2.05) is 6.92 Å². The van der Waals surface area contributed by atoms with Crippen LogP contribution in [0.25, 0.3) is 0 Å². The quantitative estimate of drug-likeness (QED) is 0.469. The Morgan fingerprint density at radius 2 is 1.85 bits per heavy atom. The van der Waals surface area contributed by atoms with Gasteiger partial charge in [-0.15, -0.1) is 11.3 Å². The van der Waals surface area contributed by atoms with Crippen molar-refractivity contribution < 1.29 is 36.6 Å². The fourth-order valence-electron chi connectivity index (χ4n) is 2.32. The number of carbonyl (C=O) groups is 2. The van der Waals surface area contributed by atoms with E-state index in [0.29, 0.717) is 30.7 Å². The summed E-state index contributed by atoms with van der Waals surface area (Å²) >= 11 is 0.742. The fraction of sp³-hybridized carbons (Fsp3) is 0.429. The van der Waals surface area contributed by atoms with E-state index < -0.39 is 37.0 Å². The van der Waals surface area contributed by atoms with Crippen LogP contribution in [0.1, 0.15) is 31.9 Å². The van der Waals surface area contributed by atoms with Gasteiger partial charge in [-0.05, 0) is 26.0 Å². The summed E-state index contributed by atoms with van der Waals surface area (Å²) in [5.41, 5.74) is 0.522. The van der Waals surface area contributed by atoms with E-state index in [2.05, 4.69) is 5.32 Å². The van der Waals surface area contributed by atoms with Crippen LogP contribution in [0.5, 0.6) is 0 Å². The van der Waals surface area contributed by atoms with Crippen LogP contribution in [0.3, 0.4) is 0 Å². The summed E-state index contributed by atoms with van der Waals surface area (Å²) in [4.78, 5) is 19.1. The second-order valence-electron chi connectivity index (χ2n) is 5.56. The molecular weight excluding hydrogens is 420 g/mol. The predicted molar refractivity (Wildman–Crippen MR) is 97.8 cm³/mol. The first kappa shape index (κ1) is 23.2. The van der Waals surface area contributed by atoms with Crippen LogP contribution in [0.4, 0.5) is 0 Å². The largest absolute Gasteiger partial charge is 0.478 e. The first-order chi connectivity index (χ1) is 12.3. The number of hydrogen-bond donors (Lipinski definition) is 4. The van der Waals surface area contributed by atoms with Crippen molar-refractivity contribution in [2.75, 3.05) is 6.54 Å².